The van der Waals surface area contributed by atoms with Crippen molar-refractivity contribution >= 4 is 39.1 Å². The summed E-state index contributed by atoms with van der Waals surface area (Å²) >= 11 is 16.0. The highest BCUT2D eigenvalue weighted by molar-refractivity contribution is 9.10. The Bertz CT molecular complexity index is 557. The van der Waals surface area contributed by atoms with Gasteiger partial charge in [0.15, 0.2) is 0 Å². The van der Waals surface area contributed by atoms with Gasteiger partial charge in [0, 0.05) is 9.50 Å². The van der Waals surface area contributed by atoms with Crippen LogP contribution in [-0.2, 0) is 0 Å². The van der Waals surface area contributed by atoms with E-state index in [1.54, 1.807) is 7.11 Å². The zero-order valence-electron chi connectivity index (χ0n) is 9.66. The molecule has 94 valence electrons. The van der Waals surface area contributed by atoms with Gasteiger partial charge in [0.1, 0.15) is 5.75 Å². The molecule has 4 heteroatoms. The predicted octanol–water partition coefficient (Wildman–Crippen LogP) is 5.44. The van der Waals surface area contributed by atoms with Crippen molar-refractivity contribution in [2.24, 2.45) is 0 Å². The first-order valence-electron chi connectivity index (χ1n) is 5.35. The normalized spacial score (nSPS) is 12.2. The summed E-state index contributed by atoms with van der Waals surface area (Å²) in [6.45, 7) is 0. The van der Waals surface area contributed by atoms with Crippen molar-refractivity contribution in [2.75, 3.05) is 7.11 Å². The summed E-state index contributed by atoms with van der Waals surface area (Å²) < 4.78 is 6.08. The van der Waals surface area contributed by atoms with Crippen molar-refractivity contribution in [3.05, 3.63) is 63.1 Å². The Kier molecular flexibility index (Phi) is 4.55. The van der Waals surface area contributed by atoms with Crippen LogP contribution in [0.3, 0.4) is 0 Å². The van der Waals surface area contributed by atoms with Gasteiger partial charge >= 0.3 is 0 Å². The van der Waals surface area contributed by atoms with Crippen molar-refractivity contribution in [2.45, 2.75) is 5.38 Å². The molecule has 0 saturated carbocycles. The van der Waals surface area contributed by atoms with Crippen LogP contribution in [-0.4, -0.2) is 7.11 Å². The first-order chi connectivity index (χ1) is 8.61. The third kappa shape index (κ3) is 3.00. The number of benzene rings is 2. The van der Waals surface area contributed by atoms with E-state index in [2.05, 4.69) is 15.9 Å². The molecule has 0 aliphatic heterocycles. The summed E-state index contributed by atoms with van der Waals surface area (Å²) in [6, 6.07) is 13.3. The standard InChI is InChI=1S/C14H11BrCl2O/c1-18-11-5-6-12(13(15)8-11)14(17)9-3-2-4-10(16)7-9/h2-8,14H,1H3. The molecule has 2 aromatic carbocycles. The lowest BCUT2D eigenvalue weighted by molar-refractivity contribution is 0.414. The van der Waals surface area contributed by atoms with Crippen molar-refractivity contribution in [3.63, 3.8) is 0 Å². The Hall–Kier alpha value is -0.700. The van der Waals surface area contributed by atoms with Crippen LogP contribution in [0.1, 0.15) is 16.5 Å². The molecule has 1 nitrogen and oxygen atoms in total. The summed E-state index contributed by atoms with van der Waals surface area (Å²) in [6.07, 6.45) is 0. The van der Waals surface area contributed by atoms with Crippen LogP contribution in [0.4, 0.5) is 0 Å². The van der Waals surface area contributed by atoms with E-state index < -0.39 is 0 Å². The number of halogens is 3. The van der Waals surface area contributed by atoms with E-state index in [0.29, 0.717) is 5.02 Å². The molecular formula is C14H11BrCl2O. The van der Waals surface area contributed by atoms with E-state index in [-0.39, 0.29) is 5.38 Å². The van der Waals surface area contributed by atoms with Crippen molar-refractivity contribution in [3.8, 4) is 5.75 Å². The van der Waals surface area contributed by atoms with Gasteiger partial charge in [0.05, 0.1) is 12.5 Å². The summed E-state index contributed by atoms with van der Waals surface area (Å²) in [7, 11) is 1.64. The van der Waals surface area contributed by atoms with Crippen LogP contribution < -0.4 is 4.74 Å². The second kappa shape index (κ2) is 5.96. The number of hydrogen-bond donors (Lipinski definition) is 0. The lowest BCUT2D eigenvalue weighted by Gasteiger charge is -2.13. The SMILES string of the molecule is COc1ccc(C(Cl)c2cccc(Cl)c2)c(Br)c1. The predicted molar refractivity (Wildman–Crippen MR) is 79.8 cm³/mol. The molecule has 0 aromatic heterocycles. The largest absolute Gasteiger partial charge is 0.497 e. The highest BCUT2D eigenvalue weighted by Gasteiger charge is 2.14. The van der Waals surface area contributed by atoms with Crippen LogP contribution in [0.25, 0.3) is 0 Å². The summed E-state index contributed by atoms with van der Waals surface area (Å²) in [5, 5.41) is 0.437. The van der Waals surface area contributed by atoms with Crippen LogP contribution in [0.5, 0.6) is 5.75 Å². The molecule has 1 unspecified atom stereocenters. The van der Waals surface area contributed by atoms with Crippen LogP contribution in [0.2, 0.25) is 5.02 Å². The lowest BCUT2D eigenvalue weighted by Crippen LogP contribution is -1.95. The molecule has 18 heavy (non-hydrogen) atoms. The second-order valence-corrected chi connectivity index (χ2v) is 5.53. The van der Waals surface area contributed by atoms with Gasteiger partial charge in [-0.2, -0.15) is 0 Å². The molecule has 0 heterocycles. The molecule has 0 radical (unpaired) electrons. The van der Waals surface area contributed by atoms with Crippen molar-refractivity contribution < 1.29 is 4.74 Å². The fraction of sp³-hybridized carbons (Fsp3) is 0.143. The Balaban J connectivity index is 2.37. The van der Waals surface area contributed by atoms with Gasteiger partial charge in [-0.25, -0.2) is 0 Å². The molecule has 2 rings (SSSR count). The van der Waals surface area contributed by atoms with E-state index in [0.717, 1.165) is 21.3 Å². The number of methoxy groups -OCH3 is 1. The monoisotopic (exact) mass is 344 g/mol. The number of alkyl halides is 1. The first-order valence-corrected chi connectivity index (χ1v) is 6.95. The van der Waals surface area contributed by atoms with Gasteiger partial charge in [0.25, 0.3) is 0 Å². The molecule has 0 N–H and O–H groups in total. The van der Waals surface area contributed by atoms with Gasteiger partial charge < -0.3 is 4.74 Å². The minimum atomic E-state index is -0.246. The maximum absolute atomic E-state index is 6.47. The maximum Gasteiger partial charge on any atom is 0.120 e. The second-order valence-electron chi connectivity index (χ2n) is 3.81. The van der Waals surface area contributed by atoms with Crippen molar-refractivity contribution in [1.82, 2.24) is 0 Å². The zero-order valence-corrected chi connectivity index (χ0v) is 12.8. The molecule has 0 aliphatic carbocycles. The molecule has 0 aliphatic rings. The smallest absolute Gasteiger partial charge is 0.120 e. The molecule has 1 atom stereocenters. The highest BCUT2D eigenvalue weighted by Crippen LogP contribution is 2.36. The van der Waals surface area contributed by atoms with E-state index in [1.807, 2.05) is 42.5 Å². The number of ether oxygens (including phenoxy) is 1. The average molecular weight is 346 g/mol. The topological polar surface area (TPSA) is 9.23 Å². The molecule has 0 spiro atoms. The quantitative estimate of drug-likeness (QED) is 0.673. The molecule has 0 bridgehead atoms. The Morgan fingerprint density at radius 1 is 1.17 bits per heavy atom. The van der Waals surface area contributed by atoms with Crippen LogP contribution in [0.15, 0.2) is 46.9 Å². The fourth-order valence-corrected chi connectivity index (χ4v) is 2.93. The Morgan fingerprint density at radius 2 is 1.94 bits per heavy atom. The Labute approximate surface area is 125 Å². The van der Waals surface area contributed by atoms with Gasteiger partial charge in [-0.15, -0.1) is 11.6 Å². The minimum absolute atomic E-state index is 0.246. The van der Waals surface area contributed by atoms with Gasteiger partial charge in [-0.05, 0) is 35.4 Å². The summed E-state index contributed by atoms with van der Waals surface area (Å²) in [4.78, 5) is 0. The van der Waals surface area contributed by atoms with E-state index in [1.165, 1.54) is 0 Å². The molecule has 0 saturated heterocycles. The van der Waals surface area contributed by atoms with Gasteiger partial charge in [0.2, 0.25) is 0 Å². The zero-order chi connectivity index (χ0) is 13.1. The lowest BCUT2D eigenvalue weighted by atomic mass is 10.0. The third-order valence-corrected chi connectivity index (χ3v) is 4.03. The highest BCUT2D eigenvalue weighted by atomic mass is 79.9. The van der Waals surface area contributed by atoms with E-state index in [9.17, 15) is 0 Å². The van der Waals surface area contributed by atoms with E-state index in [4.69, 9.17) is 27.9 Å². The molecule has 0 amide bonds. The minimum Gasteiger partial charge on any atom is -0.497 e. The fourth-order valence-electron chi connectivity index (χ4n) is 1.68. The average Bonchev–Trinajstić information content (AvgIpc) is 2.37. The third-order valence-electron chi connectivity index (χ3n) is 2.62. The summed E-state index contributed by atoms with van der Waals surface area (Å²) in [5.74, 6) is 0.792. The Morgan fingerprint density at radius 3 is 2.56 bits per heavy atom. The van der Waals surface area contributed by atoms with Crippen LogP contribution >= 0.6 is 39.1 Å². The molecule has 0 fully saturated rings. The maximum atomic E-state index is 6.47. The molecule has 2 aromatic rings. The molecular weight excluding hydrogens is 335 g/mol. The van der Waals surface area contributed by atoms with E-state index >= 15 is 0 Å². The number of hydrogen-bond acceptors (Lipinski definition) is 1. The van der Waals surface area contributed by atoms with Crippen molar-refractivity contribution in [1.29, 1.82) is 0 Å². The van der Waals surface area contributed by atoms with Crippen LogP contribution in [0, 0.1) is 0 Å². The number of rotatable bonds is 3. The summed E-state index contributed by atoms with van der Waals surface area (Å²) in [5.41, 5.74) is 1.95. The van der Waals surface area contributed by atoms with Gasteiger partial charge in [-0.1, -0.05) is 45.7 Å². The van der Waals surface area contributed by atoms with Gasteiger partial charge in [-0.3, -0.25) is 0 Å². The first kappa shape index (κ1) is 13.7.